The fourth-order valence-corrected chi connectivity index (χ4v) is 2.41. The number of carboxylic acid groups (broad SMARTS) is 1. The van der Waals surface area contributed by atoms with Crippen molar-refractivity contribution in [1.82, 2.24) is 0 Å². The highest BCUT2D eigenvalue weighted by atomic mass is 19.4. The lowest BCUT2D eigenvalue weighted by molar-refractivity contribution is -0.206. The van der Waals surface area contributed by atoms with Crippen molar-refractivity contribution in [2.75, 3.05) is 6.61 Å². The third-order valence-corrected chi connectivity index (χ3v) is 3.62. The largest absolute Gasteiger partial charge is 0.489 e. The van der Waals surface area contributed by atoms with Gasteiger partial charge in [-0.1, -0.05) is 6.07 Å². The van der Waals surface area contributed by atoms with E-state index in [1.165, 1.54) is 0 Å². The Morgan fingerprint density at radius 2 is 1.80 bits per heavy atom. The number of hydrogen-bond acceptors (Lipinski definition) is 3. The van der Waals surface area contributed by atoms with Crippen LogP contribution in [-0.2, 0) is 4.79 Å². The second-order valence-electron chi connectivity index (χ2n) is 5.44. The van der Waals surface area contributed by atoms with Gasteiger partial charge in [-0.05, 0) is 29.3 Å². The van der Waals surface area contributed by atoms with E-state index in [0.29, 0.717) is 0 Å². The maximum Gasteiger partial charge on any atom is 0.418 e. The summed E-state index contributed by atoms with van der Waals surface area (Å²) in [5, 5.41) is 17.9. The summed E-state index contributed by atoms with van der Waals surface area (Å²) in [5.41, 5.74) is -1.07. The fraction of sp³-hybridized carbons (Fsp3) is 0.400. The third-order valence-electron chi connectivity index (χ3n) is 3.62. The van der Waals surface area contributed by atoms with Gasteiger partial charge >= 0.3 is 18.3 Å². The summed E-state index contributed by atoms with van der Waals surface area (Å²) in [6, 6.07) is 2.92. The first-order valence-corrected chi connectivity index (χ1v) is 6.90. The summed E-state index contributed by atoms with van der Waals surface area (Å²) in [7, 11) is 0. The molecule has 2 atom stereocenters. The molecule has 0 saturated carbocycles. The first-order valence-electron chi connectivity index (χ1n) is 6.90. The molecule has 0 spiro atoms. The van der Waals surface area contributed by atoms with Crippen molar-refractivity contribution >= 4 is 12.0 Å². The molecule has 0 saturated heterocycles. The van der Waals surface area contributed by atoms with Gasteiger partial charge in [0.15, 0.2) is 6.10 Å². The van der Waals surface area contributed by atoms with Gasteiger partial charge < -0.3 is 14.9 Å². The maximum atomic E-state index is 13.1. The molecule has 138 valence electrons. The summed E-state index contributed by atoms with van der Waals surface area (Å²) in [5.74, 6) is -3.96. The molecule has 4 nitrogen and oxygen atoms in total. The molecule has 0 fully saturated rings. The Morgan fingerprint density at radius 1 is 1.16 bits per heavy atom. The Kier molecular flexibility index (Phi) is 5.03. The molecule has 25 heavy (non-hydrogen) atoms. The van der Waals surface area contributed by atoms with E-state index in [1.54, 1.807) is 0 Å². The number of fused-ring (bicyclic) bond motifs is 1. The fourth-order valence-electron chi connectivity index (χ4n) is 2.41. The average molecular weight is 370 g/mol. The average Bonchev–Trinajstić information content (AvgIpc) is 2.48. The molecule has 0 aromatic heterocycles. The van der Waals surface area contributed by atoms with Crippen LogP contribution in [0.4, 0.5) is 26.3 Å². The van der Waals surface area contributed by atoms with Gasteiger partial charge in [-0.25, -0.2) is 0 Å². The first kappa shape index (κ1) is 19.1. The molecule has 1 heterocycles. The van der Waals surface area contributed by atoms with Crippen LogP contribution in [-0.4, -0.2) is 35.1 Å². The molecule has 2 rings (SSSR count). The summed E-state index contributed by atoms with van der Waals surface area (Å²) in [6.07, 6.45) is -12.9. The van der Waals surface area contributed by atoms with Crippen LogP contribution in [0.5, 0.6) is 5.75 Å². The molecule has 0 bridgehead atoms. The molecule has 0 aliphatic carbocycles. The lowest BCUT2D eigenvalue weighted by Gasteiger charge is -2.26. The summed E-state index contributed by atoms with van der Waals surface area (Å²) < 4.78 is 81.9. The summed E-state index contributed by atoms with van der Waals surface area (Å²) in [6.45, 7) is -0.536. The predicted octanol–water partition coefficient (Wildman–Crippen LogP) is 3.71. The standard InChI is InChI=1S/C15H12F6O4/c16-14(17,18)10(5-12(22)23)9-4-8-3-7(13(24)15(19,20)21)1-2-11(8)25-6-9/h1-4,10,13,24H,5-6H2,(H,22,23). The Hall–Kier alpha value is -2.23. The second kappa shape index (κ2) is 6.58. The molecule has 0 amide bonds. The van der Waals surface area contributed by atoms with E-state index in [4.69, 9.17) is 9.84 Å². The van der Waals surface area contributed by atoms with Crippen LogP contribution in [0.2, 0.25) is 0 Å². The summed E-state index contributed by atoms with van der Waals surface area (Å²) in [4.78, 5) is 10.7. The zero-order valence-electron chi connectivity index (χ0n) is 12.4. The monoisotopic (exact) mass is 370 g/mol. The molecular formula is C15H12F6O4. The SMILES string of the molecule is O=C(O)CC(C1=Cc2cc(C(O)C(F)(F)F)ccc2OC1)C(F)(F)F. The highest BCUT2D eigenvalue weighted by Crippen LogP contribution is 2.40. The Bertz CT molecular complexity index is 692. The topological polar surface area (TPSA) is 66.8 Å². The van der Waals surface area contributed by atoms with E-state index in [2.05, 4.69) is 0 Å². The Balaban J connectivity index is 2.41. The molecule has 1 aromatic carbocycles. The zero-order chi connectivity index (χ0) is 19.0. The van der Waals surface area contributed by atoms with E-state index in [9.17, 15) is 36.2 Å². The molecule has 2 unspecified atom stereocenters. The Labute approximate surface area is 137 Å². The van der Waals surface area contributed by atoms with Crippen molar-refractivity contribution in [2.45, 2.75) is 24.9 Å². The lowest BCUT2D eigenvalue weighted by Crippen LogP contribution is -2.30. The number of ether oxygens (including phenoxy) is 1. The van der Waals surface area contributed by atoms with Crippen molar-refractivity contribution in [3.63, 3.8) is 0 Å². The number of rotatable bonds is 4. The van der Waals surface area contributed by atoms with Gasteiger partial charge in [0.25, 0.3) is 0 Å². The maximum absolute atomic E-state index is 13.1. The minimum atomic E-state index is -4.94. The predicted molar refractivity (Wildman–Crippen MR) is 72.7 cm³/mol. The first-order chi connectivity index (χ1) is 11.4. The molecule has 1 aliphatic rings. The van der Waals surface area contributed by atoms with Gasteiger partial charge in [0.1, 0.15) is 12.4 Å². The van der Waals surface area contributed by atoms with Crippen LogP contribution in [0.15, 0.2) is 23.8 Å². The molecule has 1 aliphatic heterocycles. The molecular weight excluding hydrogens is 358 g/mol. The lowest BCUT2D eigenvalue weighted by atomic mass is 9.91. The van der Waals surface area contributed by atoms with Gasteiger partial charge in [0.05, 0.1) is 12.3 Å². The van der Waals surface area contributed by atoms with Crippen LogP contribution < -0.4 is 4.74 Å². The number of benzene rings is 1. The molecule has 0 radical (unpaired) electrons. The normalized spacial score (nSPS) is 17.2. The van der Waals surface area contributed by atoms with Crippen molar-refractivity contribution in [3.8, 4) is 5.75 Å². The van der Waals surface area contributed by atoms with Crippen LogP contribution in [0.1, 0.15) is 23.7 Å². The van der Waals surface area contributed by atoms with Gasteiger partial charge in [-0.2, -0.15) is 26.3 Å². The van der Waals surface area contributed by atoms with Gasteiger partial charge in [0, 0.05) is 5.56 Å². The second-order valence-corrected chi connectivity index (χ2v) is 5.44. The van der Waals surface area contributed by atoms with E-state index in [0.717, 1.165) is 24.3 Å². The highest BCUT2D eigenvalue weighted by molar-refractivity contribution is 5.70. The number of aliphatic carboxylic acids is 1. The number of aliphatic hydroxyl groups is 1. The van der Waals surface area contributed by atoms with Gasteiger partial charge in [0.2, 0.25) is 0 Å². The minimum absolute atomic E-state index is 0.0399. The summed E-state index contributed by atoms with van der Waals surface area (Å²) >= 11 is 0. The van der Waals surface area contributed by atoms with Crippen LogP contribution in [0, 0.1) is 5.92 Å². The molecule has 1 aromatic rings. The molecule has 10 heteroatoms. The quantitative estimate of drug-likeness (QED) is 0.793. The van der Waals surface area contributed by atoms with Crippen molar-refractivity contribution < 1.29 is 46.1 Å². The van der Waals surface area contributed by atoms with Crippen LogP contribution in [0.3, 0.4) is 0 Å². The molecule has 2 N–H and O–H groups in total. The number of halogens is 6. The van der Waals surface area contributed by atoms with E-state index < -0.39 is 54.5 Å². The van der Waals surface area contributed by atoms with Crippen LogP contribution in [0.25, 0.3) is 6.08 Å². The van der Waals surface area contributed by atoms with E-state index in [1.807, 2.05) is 0 Å². The smallest absolute Gasteiger partial charge is 0.418 e. The van der Waals surface area contributed by atoms with Gasteiger partial charge in [-0.15, -0.1) is 0 Å². The van der Waals surface area contributed by atoms with Gasteiger partial charge in [-0.3, -0.25) is 4.79 Å². The number of carbonyl (C=O) groups is 1. The van der Waals surface area contributed by atoms with Crippen molar-refractivity contribution in [3.05, 3.63) is 34.9 Å². The van der Waals surface area contributed by atoms with Crippen molar-refractivity contribution in [1.29, 1.82) is 0 Å². The number of hydrogen-bond donors (Lipinski definition) is 2. The third kappa shape index (κ3) is 4.44. The number of aliphatic hydroxyl groups excluding tert-OH is 1. The van der Waals surface area contributed by atoms with Crippen molar-refractivity contribution in [2.24, 2.45) is 5.92 Å². The van der Waals surface area contributed by atoms with E-state index in [-0.39, 0.29) is 11.3 Å². The van der Waals surface area contributed by atoms with E-state index >= 15 is 0 Å². The van der Waals surface area contributed by atoms with Crippen LogP contribution >= 0.6 is 0 Å². The Morgan fingerprint density at radius 3 is 2.32 bits per heavy atom. The number of carboxylic acids is 1. The number of alkyl halides is 6. The minimum Gasteiger partial charge on any atom is -0.489 e. The zero-order valence-corrected chi connectivity index (χ0v) is 12.4. The highest BCUT2D eigenvalue weighted by Gasteiger charge is 2.44.